The van der Waals surface area contributed by atoms with Crippen LogP contribution in [0.3, 0.4) is 0 Å². The average Bonchev–Trinajstić information content (AvgIpc) is 4.06. The summed E-state index contributed by atoms with van der Waals surface area (Å²) in [5, 5.41) is 50.3. The third-order valence-corrected chi connectivity index (χ3v) is 12.1. The van der Waals surface area contributed by atoms with Gasteiger partial charge < -0.3 is 44.6 Å². The molecule has 15 heteroatoms. The zero-order valence-electron chi connectivity index (χ0n) is 39.6. The maximum absolute atomic E-state index is 12.8. The molecule has 0 amide bonds. The number of epoxide rings is 1. The van der Waals surface area contributed by atoms with Gasteiger partial charge in [-0.05, 0) is 89.9 Å². The molecule has 1 saturated heterocycles. The standard InChI is InChI=1S/C51H83O14P/c1-3-5-7-9-11-13-14-15-16-17-18-19-20-21-22-24-26-28-34-38-45(53)63-41(40-62-66(59,60)65-51-49(57)47(55)46(54)48(56)50(51)58)39-61-44(52)37-33-30-29-32-36-43-42(64-43)35-31-27-25-23-12-10-8-6-4-2/h5,7,11-13,15-16,18-19,23,27,29,31-32,41-43,46-51,54-58H,3-4,6,8-10,14,17,20-22,24-26,28,30,33-40H2,1-2H3,(H,59,60)/b7-5-,13-11-,16-15-,19-18-,23-12-,31-27-,32-29-/t41-,42?,43?,46?,47-,48+,49-,50-,51?/m1/s1. The van der Waals surface area contributed by atoms with Crippen LogP contribution in [0.15, 0.2) is 85.1 Å². The molecule has 376 valence electrons. The summed E-state index contributed by atoms with van der Waals surface area (Å²) in [5.41, 5.74) is 0. The molecule has 1 aliphatic carbocycles. The maximum Gasteiger partial charge on any atom is 0.472 e. The first-order valence-electron chi connectivity index (χ1n) is 24.5. The molecular weight excluding hydrogens is 868 g/mol. The van der Waals surface area contributed by atoms with Crippen molar-refractivity contribution in [1.29, 1.82) is 0 Å². The molecule has 1 saturated carbocycles. The molecule has 6 N–H and O–H groups in total. The molecule has 2 fully saturated rings. The number of aliphatic hydroxyl groups is 5. The molecule has 0 spiro atoms. The van der Waals surface area contributed by atoms with E-state index in [1.54, 1.807) is 0 Å². The Bertz CT molecular complexity index is 1540. The quantitative estimate of drug-likeness (QED) is 0.0112. The lowest BCUT2D eigenvalue weighted by atomic mass is 9.85. The van der Waals surface area contributed by atoms with E-state index < -0.39 is 75.7 Å². The fourth-order valence-corrected chi connectivity index (χ4v) is 8.05. The molecule has 10 atom stereocenters. The predicted molar refractivity (Wildman–Crippen MR) is 257 cm³/mol. The number of carbonyl (C=O) groups is 2. The zero-order valence-corrected chi connectivity index (χ0v) is 40.5. The van der Waals surface area contributed by atoms with Crippen LogP contribution >= 0.6 is 7.82 Å². The Hall–Kier alpha value is -3.01. The van der Waals surface area contributed by atoms with Crippen LogP contribution in [0.4, 0.5) is 0 Å². The van der Waals surface area contributed by atoms with Crippen LogP contribution < -0.4 is 0 Å². The van der Waals surface area contributed by atoms with Gasteiger partial charge in [0.05, 0.1) is 18.8 Å². The highest BCUT2D eigenvalue weighted by atomic mass is 31.2. The van der Waals surface area contributed by atoms with E-state index in [1.165, 1.54) is 19.3 Å². The molecule has 14 nitrogen and oxygen atoms in total. The second-order valence-corrected chi connectivity index (χ2v) is 18.4. The van der Waals surface area contributed by atoms with Crippen LogP contribution in [0.2, 0.25) is 0 Å². The van der Waals surface area contributed by atoms with Crippen molar-refractivity contribution in [2.24, 2.45) is 0 Å². The van der Waals surface area contributed by atoms with Gasteiger partial charge in [0.1, 0.15) is 43.2 Å². The maximum atomic E-state index is 12.8. The highest BCUT2D eigenvalue weighted by molar-refractivity contribution is 7.47. The smallest absolute Gasteiger partial charge is 0.462 e. The van der Waals surface area contributed by atoms with Crippen molar-refractivity contribution in [2.45, 2.75) is 210 Å². The van der Waals surface area contributed by atoms with Gasteiger partial charge in [-0.1, -0.05) is 137 Å². The van der Waals surface area contributed by atoms with E-state index in [-0.39, 0.29) is 25.0 Å². The summed E-state index contributed by atoms with van der Waals surface area (Å²) < 4.78 is 39.3. The summed E-state index contributed by atoms with van der Waals surface area (Å²) in [5.74, 6) is -1.20. The van der Waals surface area contributed by atoms with Crippen LogP contribution in [0, 0.1) is 0 Å². The first-order valence-corrected chi connectivity index (χ1v) is 26.0. The molecule has 0 bridgehead atoms. The van der Waals surface area contributed by atoms with Crippen molar-refractivity contribution in [3.8, 4) is 0 Å². The molecule has 0 aromatic carbocycles. The summed E-state index contributed by atoms with van der Waals surface area (Å²) in [6.07, 6.45) is 36.5. The normalized spacial score (nSPS) is 25.1. The van der Waals surface area contributed by atoms with E-state index in [1.807, 2.05) is 12.2 Å². The van der Waals surface area contributed by atoms with E-state index in [9.17, 15) is 44.6 Å². The van der Waals surface area contributed by atoms with E-state index in [0.29, 0.717) is 19.3 Å². The molecule has 2 rings (SSSR count). The molecule has 0 radical (unpaired) electrons. The molecule has 2 aliphatic rings. The van der Waals surface area contributed by atoms with Gasteiger partial charge in [0, 0.05) is 12.8 Å². The van der Waals surface area contributed by atoms with Crippen LogP contribution in [0.25, 0.3) is 0 Å². The Labute approximate surface area is 394 Å². The topological polar surface area (TPSA) is 222 Å². The van der Waals surface area contributed by atoms with E-state index >= 15 is 0 Å². The summed E-state index contributed by atoms with van der Waals surface area (Å²) in [7, 11) is -5.15. The number of esters is 2. The van der Waals surface area contributed by atoms with Crippen molar-refractivity contribution >= 4 is 19.8 Å². The van der Waals surface area contributed by atoms with Gasteiger partial charge in [-0.2, -0.15) is 0 Å². The van der Waals surface area contributed by atoms with Gasteiger partial charge in [0.15, 0.2) is 6.10 Å². The third-order valence-electron chi connectivity index (χ3n) is 11.1. The van der Waals surface area contributed by atoms with Crippen LogP contribution in [-0.2, 0) is 37.4 Å². The average molecular weight is 951 g/mol. The molecule has 5 unspecified atom stereocenters. The number of phosphoric ester groups is 1. The number of rotatable bonds is 38. The Kier molecular flexibility index (Phi) is 33.1. The number of hydrogen-bond acceptors (Lipinski definition) is 13. The zero-order chi connectivity index (χ0) is 48.3. The predicted octanol–water partition coefficient (Wildman–Crippen LogP) is 9.04. The van der Waals surface area contributed by atoms with Crippen molar-refractivity contribution in [3.63, 3.8) is 0 Å². The lowest BCUT2D eigenvalue weighted by molar-refractivity contribution is -0.220. The molecule has 1 aliphatic heterocycles. The Morgan fingerprint density at radius 3 is 1.59 bits per heavy atom. The summed E-state index contributed by atoms with van der Waals surface area (Å²) in [6, 6.07) is 0. The van der Waals surface area contributed by atoms with Crippen molar-refractivity contribution in [1.82, 2.24) is 0 Å². The Morgan fingerprint density at radius 1 is 0.545 bits per heavy atom. The van der Waals surface area contributed by atoms with Gasteiger partial charge in [-0.3, -0.25) is 18.6 Å². The number of allylic oxidation sites excluding steroid dienone is 12. The number of unbranched alkanes of at least 4 members (excludes halogenated alkanes) is 10. The van der Waals surface area contributed by atoms with Crippen molar-refractivity contribution in [3.05, 3.63) is 85.1 Å². The Morgan fingerprint density at radius 2 is 1.00 bits per heavy atom. The number of hydrogen-bond donors (Lipinski definition) is 6. The van der Waals surface area contributed by atoms with Gasteiger partial charge in [-0.25, -0.2) is 4.57 Å². The number of ether oxygens (including phenoxy) is 3. The first-order chi connectivity index (χ1) is 31.9. The Balaban J connectivity index is 1.72. The molecule has 1 heterocycles. The number of carbonyl (C=O) groups excluding carboxylic acids is 2. The van der Waals surface area contributed by atoms with Gasteiger partial charge in [0.25, 0.3) is 0 Å². The monoisotopic (exact) mass is 951 g/mol. The highest BCUT2D eigenvalue weighted by Crippen LogP contribution is 2.47. The minimum Gasteiger partial charge on any atom is -0.462 e. The van der Waals surface area contributed by atoms with Gasteiger partial charge in [-0.15, -0.1) is 0 Å². The van der Waals surface area contributed by atoms with Crippen LogP contribution in [-0.4, -0.2) is 111 Å². The number of aliphatic hydroxyl groups excluding tert-OH is 5. The lowest BCUT2D eigenvalue weighted by Gasteiger charge is -2.41. The SMILES string of the molecule is CC/C=C\C/C=C\C/C=C\C/C=C\CCCCCCCCC(=O)O[C@H](COC(=O)CCC/C=C\CC1OC1C/C=C\C/C=C\CCCCC)COP(=O)(O)OC1[C@H](O)[C@H](O)C(O)[C@H](O)[C@H]1O. The minimum absolute atomic E-state index is 0.0603. The highest BCUT2D eigenvalue weighted by Gasteiger charge is 2.51. The number of phosphoric acid groups is 1. The van der Waals surface area contributed by atoms with Crippen LogP contribution in [0.1, 0.15) is 155 Å². The van der Waals surface area contributed by atoms with E-state index in [2.05, 4.69) is 86.8 Å². The van der Waals surface area contributed by atoms with E-state index in [4.69, 9.17) is 23.3 Å². The van der Waals surface area contributed by atoms with Crippen molar-refractivity contribution in [2.75, 3.05) is 13.2 Å². The fraction of sp³-hybridized carbons (Fsp3) is 0.686. The summed E-state index contributed by atoms with van der Waals surface area (Å²) in [6.45, 7) is 3.08. The van der Waals surface area contributed by atoms with E-state index in [0.717, 1.165) is 89.9 Å². The first kappa shape index (κ1) is 59.1. The fourth-order valence-electron chi connectivity index (χ4n) is 7.08. The van der Waals surface area contributed by atoms with Gasteiger partial charge in [0.2, 0.25) is 0 Å². The summed E-state index contributed by atoms with van der Waals surface area (Å²) in [4.78, 5) is 35.8. The minimum atomic E-state index is -5.15. The second-order valence-electron chi connectivity index (χ2n) is 17.0. The molecule has 0 aromatic rings. The summed E-state index contributed by atoms with van der Waals surface area (Å²) >= 11 is 0. The third kappa shape index (κ3) is 28.3. The second kappa shape index (κ2) is 37.0. The molecular formula is C51H83O14P. The lowest BCUT2D eigenvalue weighted by Crippen LogP contribution is -2.64. The van der Waals surface area contributed by atoms with Gasteiger partial charge >= 0.3 is 19.8 Å². The van der Waals surface area contributed by atoms with Crippen molar-refractivity contribution < 1.29 is 67.8 Å². The molecule has 0 aromatic heterocycles. The molecule has 66 heavy (non-hydrogen) atoms. The largest absolute Gasteiger partial charge is 0.472 e. The van der Waals surface area contributed by atoms with Crippen LogP contribution in [0.5, 0.6) is 0 Å².